The highest BCUT2D eigenvalue weighted by Crippen LogP contribution is 2.38. The molecule has 0 unspecified atom stereocenters. The van der Waals surface area contributed by atoms with Gasteiger partial charge in [0, 0.05) is 37.9 Å². The van der Waals surface area contributed by atoms with Crippen LogP contribution >= 0.6 is 0 Å². The number of aromatic nitrogens is 1. The fourth-order valence-electron chi connectivity index (χ4n) is 3.76. The van der Waals surface area contributed by atoms with Crippen LogP contribution < -0.4 is 4.74 Å². The Morgan fingerprint density at radius 1 is 1.35 bits per heavy atom. The highest BCUT2D eigenvalue weighted by atomic mass is 16.5. The van der Waals surface area contributed by atoms with Crippen LogP contribution in [-0.2, 0) is 4.74 Å². The molecule has 3 heterocycles. The quantitative estimate of drug-likeness (QED) is 0.833. The highest BCUT2D eigenvalue weighted by molar-refractivity contribution is 5.92. The normalized spacial score (nSPS) is 28.3. The largest absolute Gasteiger partial charge is 0.497 e. The summed E-state index contributed by atoms with van der Waals surface area (Å²) >= 11 is 0. The number of nitrogens with zero attached hydrogens (tertiary/aromatic N) is 3. The lowest BCUT2D eigenvalue weighted by atomic mass is 10.0. The van der Waals surface area contributed by atoms with Crippen molar-refractivity contribution in [2.24, 2.45) is 5.92 Å². The first-order valence-electron chi connectivity index (χ1n) is 8.39. The van der Waals surface area contributed by atoms with E-state index >= 15 is 0 Å². The zero-order chi connectivity index (χ0) is 15.8. The lowest BCUT2D eigenvalue weighted by Gasteiger charge is -2.48. The molecule has 0 bridgehead atoms. The van der Waals surface area contributed by atoms with Crippen molar-refractivity contribution in [1.29, 1.82) is 0 Å². The molecule has 0 spiro atoms. The van der Waals surface area contributed by atoms with Gasteiger partial charge in [0.05, 0.1) is 26.4 Å². The molecule has 1 aromatic rings. The van der Waals surface area contributed by atoms with Crippen LogP contribution in [0.5, 0.6) is 5.75 Å². The Hall–Kier alpha value is -1.66. The number of hydrogen-bond acceptors (Lipinski definition) is 5. The number of hydrogen-bond donors (Lipinski definition) is 0. The first-order valence-corrected chi connectivity index (χ1v) is 8.39. The predicted molar refractivity (Wildman–Crippen MR) is 84.5 cm³/mol. The van der Waals surface area contributed by atoms with E-state index in [4.69, 9.17) is 9.47 Å². The monoisotopic (exact) mass is 317 g/mol. The van der Waals surface area contributed by atoms with Gasteiger partial charge in [-0.3, -0.25) is 14.7 Å². The number of carbonyl (C=O) groups excluding carboxylic acids is 1. The number of morpholine rings is 1. The van der Waals surface area contributed by atoms with Crippen molar-refractivity contribution in [3.05, 3.63) is 24.0 Å². The lowest BCUT2D eigenvalue weighted by molar-refractivity contribution is -0.0816. The van der Waals surface area contributed by atoms with Crippen LogP contribution in [0.3, 0.4) is 0 Å². The molecule has 3 fully saturated rings. The van der Waals surface area contributed by atoms with Crippen molar-refractivity contribution in [3.63, 3.8) is 0 Å². The number of methoxy groups -OCH3 is 1. The summed E-state index contributed by atoms with van der Waals surface area (Å²) in [5.74, 6) is 1.45. The number of pyridine rings is 1. The van der Waals surface area contributed by atoms with Crippen molar-refractivity contribution in [3.8, 4) is 5.75 Å². The molecule has 2 aliphatic heterocycles. The molecule has 3 aliphatic rings. The van der Waals surface area contributed by atoms with Gasteiger partial charge in [0.25, 0.3) is 5.91 Å². The summed E-state index contributed by atoms with van der Waals surface area (Å²) in [4.78, 5) is 21.4. The third kappa shape index (κ3) is 2.93. The first kappa shape index (κ1) is 14.9. The Kier molecular flexibility index (Phi) is 3.95. The molecule has 0 N–H and O–H groups in total. The van der Waals surface area contributed by atoms with Gasteiger partial charge < -0.3 is 14.4 Å². The first-order chi connectivity index (χ1) is 11.3. The van der Waals surface area contributed by atoms with Gasteiger partial charge in [-0.2, -0.15) is 0 Å². The minimum atomic E-state index is -0.0166. The van der Waals surface area contributed by atoms with Crippen LogP contribution in [-0.4, -0.2) is 72.7 Å². The number of ether oxygens (including phenoxy) is 2. The van der Waals surface area contributed by atoms with E-state index in [0.717, 1.165) is 38.8 Å². The van der Waals surface area contributed by atoms with Gasteiger partial charge >= 0.3 is 0 Å². The van der Waals surface area contributed by atoms with Crippen LogP contribution in [0.2, 0.25) is 0 Å². The Labute approximate surface area is 136 Å². The Bertz CT molecular complexity index is 590. The number of rotatable bonds is 3. The topological polar surface area (TPSA) is 54.9 Å². The van der Waals surface area contributed by atoms with Crippen LogP contribution in [0.4, 0.5) is 0 Å². The zero-order valence-corrected chi connectivity index (χ0v) is 13.5. The van der Waals surface area contributed by atoms with Crippen LogP contribution in [0.15, 0.2) is 18.3 Å². The minimum absolute atomic E-state index is 0.0166. The fourth-order valence-corrected chi connectivity index (χ4v) is 3.76. The number of carbonyl (C=O) groups is 1. The summed E-state index contributed by atoms with van der Waals surface area (Å²) in [5.41, 5.74) is 0.452. The van der Waals surface area contributed by atoms with Gasteiger partial charge in [-0.1, -0.05) is 0 Å². The van der Waals surface area contributed by atoms with Crippen LogP contribution in [0, 0.1) is 5.92 Å². The summed E-state index contributed by atoms with van der Waals surface area (Å²) in [6.07, 6.45) is 4.27. The average Bonchev–Trinajstić information content (AvgIpc) is 3.45. The third-order valence-corrected chi connectivity index (χ3v) is 5.19. The molecule has 6 nitrogen and oxygen atoms in total. The zero-order valence-electron chi connectivity index (χ0n) is 13.5. The van der Waals surface area contributed by atoms with Crippen molar-refractivity contribution in [1.82, 2.24) is 14.8 Å². The second-order valence-corrected chi connectivity index (χ2v) is 6.67. The van der Waals surface area contributed by atoms with E-state index < -0.39 is 0 Å². The molecule has 1 aliphatic carbocycles. The molecule has 4 rings (SSSR count). The standard InChI is InChI=1S/C17H23N3O3/c1-22-14-4-5-18-15(8-14)17(21)19-6-7-20-13(9-19)10-23-11-16(20)12-2-3-12/h4-5,8,12-13,16H,2-3,6-7,9-11H2,1H3/t13-,16-/m1/s1. The highest BCUT2D eigenvalue weighted by Gasteiger charge is 2.43. The summed E-state index contributed by atoms with van der Waals surface area (Å²) < 4.78 is 11.0. The second-order valence-electron chi connectivity index (χ2n) is 6.67. The minimum Gasteiger partial charge on any atom is -0.497 e. The molecule has 1 saturated carbocycles. The van der Waals surface area contributed by atoms with Crippen molar-refractivity contribution >= 4 is 5.91 Å². The van der Waals surface area contributed by atoms with E-state index in [1.807, 2.05) is 4.90 Å². The Morgan fingerprint density at radius 3 is 3.00 bits per heavy atom. The molecular weight excluding hydrogens is 294 g/mol. The number of amides is 1. The fraction of sp³-hybridized carbons (Fsp3) is 0.647. The van der Waals surface area contributed by atoms with Crippen molar-refractivity contribution in [2.75, 3.05) is 40.0 Å². The number of piperazine rings is 1. The van der Waals surface area contributed by atoms with Crippen LogP contribution in [0.25, 0.3) is 0 Å². The molecule has 0 radical (unpaired) electrons. The van der Waals surface area contributed by atoms with Gasteiger partial charge in [0.15, 0.2) is 0 Å². The van der Waals surface area contributed by atoms with E-state index in [1.165, 1.54) is 12.8 Å². The molecule has 23 heavy (non-hydrogen) atoms. The SMILES string of the molecule is COc1ccnc(C(=O)N2CCN3[C@@H](COC[C@@H]3C3CC3)C2)c1. The maximum absolute atomic E-state index is 12.7. The smallest absolute Gasteiger partial charge is 0.272 e. The Balaban J connectivity index is 1.45. The van der Waals surface area contributed by atoms with E-state index in [-0.39, 0.29) is 5.91 Å². The predicted octanol–water partition coefficient (Wildman–Crippen LogP) is 1.03. The summed E-state index contributed by atoms with van der Waals surface area (Å²) in [7, 11) is 1.60. The van der Waals surface area contributed by atoms with E-state index in [2.05, 4.69) is 9.88 Å². The molecule has 2 atom stereocenters. The van der Waals surface area contributed by atoms with E-state index in [9.17, 15) is 4.79 Å². The molecule has 0 aromatic carbocycles. The average molecular weight is 317 g/mol. The molecule has 1 amide bonds. The Morgan fingerprint density at radius 2 is 2.22 bits per heavy atom. The van der Waals surface area contributed by atoms with E-state index in [1.54, 1.807) is 25.4 Å². The van der Waals surface area contributed by atoms with Gasteiger partial charge in [-0.05, 0) is 24.8 Å². The van der Waals surface area contributed by atoms with E-state index in [0.29, 0.717) is 23.5 Å². The third-order valence-electron chi connectivity index (χ3n) is 5.19. The maximum atomic E-state index is 12.7. The second kappa shape index (κ2) is 6.09. The molecule has 124 valence electrons. The number of fused-ring (bicyclic) bond motifs is 1. The van der Waals surface area contributed by atoms with Gasteiger partial charge in [-0.25, -0.2) is 0 Å². The molecule has 1 aromatic heterocycles. The molecule has 6 heteroatoms. The molecule has 2 saturated heterocycles. The summed E-state index contributed by atoms with van der Waals surface area (Å²) in [6, 6.07) is 4.34. The van der Waals surface area contributed by atoms with Gasteiger partial charge in [-0.15, -0.1) is 0 Å². The lowest BCUT2D eigenvalue weighted by Crippen LogP contribution is -2.63. The summed E-state index contributed by atoms with van der Waals surface area (Å²) in [5, 5.41) is 0. The summed E-state index contributed by atoms with van der Waals surface area (Å²) in [6.45, 7) is 3.99. The van der Waals surface area contributed by atoms with Crippen molar-refractivity contribution in [2.45, 2.75) is 24.9 Å². The maximum Gasteiger partial charge on any atom is 0.272 e. The van der Waals surface area contributed by atoms with Gasteiger partial charge in [0.2, 0.25) is 0 Å². The molecular formula is C17H23N3O3. The van der Waals surface area contributed by atoms with Crippen molar-refractivity contribution < 1.29 is 14.3 Å². The van der Waals surface area contributed by atoms with Crippen LogP contribution in [0.1, 0.15) is 23.3 Å². The van der Waals surface area contributed by atoms with Gasteiger partial charge in [0.1, 0.15) is 11.4 Å².